The Morgan fingerprint density at radius 3 is 3.12 bits per heavy atom. The van der Waals surface area contributed by atoms with Gasteiger partial charge in [0.15, 0.2) is 5.16 Å². The SMILES string of the molecule is COC(=O)c1ccoc1CSc1nccn1C. The first-order valence-electron chi connectivity index (χ1n) is 4.97. The largest absolute Gasteiger partial charge is 0.468 e. The number of hydrogen-bond donors (Lipinski definition) is 0. The third kappa shape index (κ3) is 2.52. The predicted molar refractivity (Wildman–Crippen MR) is 62.8 cm³/mol. The molecule has 0 aliphatic carbocycles. The van der Waals surface area contributed by atoms with E-state index >= 15 is 0 Å². The summed E-state index contributed by atoms with van der Waals surface area (Å²) in [5.74, 6) is 0.765. The third-order valence-corrected chi connectivity index (χ3v) is 3.32. The van der Waals surface area contributed by atoms with Gasteiger partial charge in [-0.15, -0.1) is 0 Å². The van der Waals surface area contributed by atoms with E-state index in [2.05, 4.69) is 9.72 Å². The highest BCUT2D eigenvalue weighted by atomic mass is 32.2. The molecule has 2 rings (SSSR count). The minimum absolute atomic E-state index is 0.380. The number of carbonyl (C=O) groups is 1. The van der Waals surface area contributed by atoms with Gasteiger partial charge in [0.25, 0.3) is 0 Å². The van der Waals surface area contributed by atoms with Gasteiger partial charge in [0.2, 0.25) is 0 Å². The molecule has 2 aromatic heterocycles. The fourth-order valence-electron chi connectivity index (χ4n) is 1.37. The van der Waals surface area contributed by atoms with Crippen molar-refractivity contribution in [3.63, 3.8) is 0 Å². The molecule has 5 nitrogen and oxygen atoms in total. The molecule has 0 unspecified atom stereocenters. The minimum atomic E-state index is -0.380. The number of aromatic nitrogens is 2. The van der Waals surface area contributed by atoms with Crippen LogP contribution in [0.4, 0.5) is 0 Å². The van der Waals surface area contributed by atoms with Crippen molar-refractivity contribution >= 4 is 17.7 Å². The lowest BCUT2D eigenvalue weighted by Gasteiger charge is -2.01. The highest BCUT2D eigenvalue weighted by Gasteiger charge is 2.15. The van der Waals surface area contributed by atoms with Gasteiger partial charge in [-0.3, -0.25) is 0 Å². The van der Waals surface area contributed by atoms with E-state index in [1.165, 1.54) is 25.1 Å². The van der Waals surface area contributed by atoms with Crippen LogP contribution in [0.1, 0.15) is 16.1 Å². The van der Waals surface area contributed by atoms with Gasteiger partial charge in [0.05, 0.1) is 19.1 Å². The van der Waals surface area contributed by atoms with Crippen molar-refractivity contribution in [2.45, 2.75) is 10.9 Å². The van der Waals surface area contributed by atoms with Crippen LogP contribution in [0.2, 0.25) is 0 Å². The Bertz CT molecular complexity index is 518. The Morgan fingerprint density at radius 2 is 2.47 bits per heavy atom. The average molecular weight is 252 g/mol. The van der Waals surface area contributed by atoms with Crippen LogP contribution in [0.25, 0.3) is 0 Å². The molecule has 0 saturated carbocycles. The second-order valence-electron chi connectivity index (χ2n) is 3.36. The number of ether oxygens (including phenoxy) is 1. The summed E-state index contributed by atoms with van der Waals surface area (Å²) in [6.45, 7) is 0. The van der Waals surface area contributed by atoms with E-state index in [9.17, 15) is 4.79 Å². The van der Waals surface area contributed by atoms with Crippen molar-refractivity contribution in [1.29, 1.82) is 0 Å². The van der Waals surface area contributed by atoms with Crippen LogP contribution in [0.15, 0.2) is 34.3 Å². The zero-order valence-electron chi connectivity index (χ0n) is 9.54. The lowest BCUT2D eigenvalue weighted by atomic mass is 10.3. The fourth-order valence-corrected chi connectivity index (χ4v) is 2.25. The Balaban J connectivity index is 2.07. The third-order valence-electron chi connectivity index (χ3n) is 2.26. The van der Waals surface area contributed by atoms with Crippen molar-refractivity contribution in [2.24, 2.45) is 7.05 Å². The number of imidazole rings is 1. The molecule has 2 heterocycles. The van der Waals surface area contributed by atoms with Crippen molar-refractivity contribution in [3.8, 4) is 0 Å². The standard InChI is InChI=1S/C11H12N2O3S/c1-13-5-4-12-11(13)17-7-9-8(3-6-16-9)10(14)15-2/h3-6H,7H2,1-2H3. The number of nitrogens with zero attached hydrogens (tertiary/aromatic N) is 2. The van der Waals surface area contributed by atoms with Gasteiger partial charge in [-0.1, -0.05) is 11.8 Å². The van der Waals surface area contributed by atoms with Gasteiger partial charge in [0.1, 0.15) is 11.3 Å². The van der Waals surface area contributed by atoms with E-state index in [0.29, 0.717) is 17.1 Å². The first-order valence-corrected chi connectivity index (χ1v) is 5.95. The number of esters is 1. The minimum Gasteiger partial charge on any atom is -0.468 e. The highest BCUT2D eigenvalue weighted by Crippen LogP contribution is 2.23. The average Bonchev–Trinajstić information content (AvgIpc) is 2.94. The lowest BCUT2D eigenvalue weighted by molar-refractivity contribution is 0.0598. The monoisotopic (exact) mass is 252 g/mol. The van der Waals surface area contributed by atoms with Crippen LogP contribution < -0.4 is 0 Å². The maximum absolute atomic E-state index is 11.4. The number of methoxy groups -OCH3 is 1. The Kier molecular flexibility index (Phi) is 3.53. The summed E-state index contributed by atoms with van der Waals surface area (Å²) in [5, 5.41) is 0.872. The number of thioether (sulfide) groups is 1. The van der Waals surface area contributed by atoms with Crippen LogP contribution in [-0.4, -0.2) is 22.6 Å². The fraction of sp³-hybridized carbons (Fsp3) is 0.273. The normalized spacial score (nSPS) is 10.5. The summed E-state index contributed by atoms with van der Waals surface area (Å²) in [5.41, 5.74) is 0.467. The maximum Gasteiger partial charge on any atom is 0.341 e. The van der Waals surface area contributed by atoms with Gasteiger partial charge < -0.3 is 13.7 Å². The van der Waals surface area contributed by atoms with E-state index < -0.39 is 0 Å². The van der Waals surface area contributed by atoms with E-state index in [-0.39, 0.29) is 5.97 Å². The lowest BCUT2D eigenvalue weighted by Crippen LogP contribution is -2.02. The van der Waals surface area contributed by atoms with Gasteiger partial charge in [0, 0.05) is 19.4 Å². The van der Waals surface area contributed by atoms with Crippen molar-refractivity contribution < 1.29 is 13.9 Å². The van der Waals surface area contributed by atoms with Crippen molar-refractivity contribution in [2.75, 3.05) is 7.11 Å². The van der Waals surface area contributed by atoms with E-state index in [1.54, 1.807) is 12.3 Å². The van der Waals surface area contributed by atoms with Crippen molar-refractivity contribution in [1.82, 2.24) is 9.55 Å². The first-order chi connectivity index (χ1) is 8.22. The van der Waals surface area contributed by atoms with Gasteiger partial charge in [-0.05, 0) is 6.07 Å². The van der Waals surface area contributed by atoms with E-state index in [0.717, 1.165) is 5.16 Å². The number of aryl methyl sites for hydroxylation is 1. The Hall–Kier alpha value is -1.69. The van der Waals surface area contributed by atoms with E-state index in [4.69, 9.17) is 4.42 Å². The second-order valence-corrected chi connectivity index (χ2v) is 4.30. The molecule has 0 spiro atoms. The summed E-state index contributed by atoms with van der Waals surface area (Å²) >= 11 is 1.50. The van der Waals surface area contributed by atoms with E-state index in [1.807, 2.05) is 17.8 Å². The molecular formula is C11H12N2O3S. The molecule has 0 amide bonds. The van der Waals surface area contributed by atoms with Crippen LogP contribution in [0.3, 0.4) is 0 Å². The van der Waals surface area contributed by atoms with Crippen LogP contribution >= 0.6 is 11.8 Å². The number of hydrogen-bond acceptors (Lipinski definition) is 5. The first kappa shape index (κ1) is 11.8. The number of carbonyl (C=O) groups excluding carboxylic acids is 1. The molecule has 6 heteroatoms. The topological polar surface area (TPSA) is 57.3 Å². The molecule has 0 bridgehead atoms. The molecule has 0 atom stereocenters. The zero-order chi connectivity index (χ0) is 12.3. The molecule has 0 N–H and O–H groups in total. The molecule has 0 aliphatic rings. The molecule has 0 aliphatic heterocycles. The molecule has 90 valence electrons. The van der Waals surface area contributed by atoms with Crippen LogP contribution in [0.5, 0.6) is 0 Å². The molecule has 0 saturated heterocycles. The highest BCUT2D eigenvalue weighted by molar-refractivity contribution is 7.98. The van der Waals surface area contributed by atoms with Gasteiger partial charge in [-0.25, -0.2) is 9.78 Å². The summed E-state index contributed by atoms with van der Waals surface area (Å²) in [7, 11) is 3.27. The molecule has 0 radical (unpaired) electrons. The predicted octanol–water partition coefficient (Wildman–Crippen LogP) is 2.09. The summed E-state index contributed by atoms with van der Waals surface area (Å²) in [4.78, 5) is 15.6. The maximum atomic E-state index is 11.4. The summed E-state index contributed by atoms with van der Waals surface area (Å²) in [6, 6.07) is 1.61. The quantitative estimate of drug-likeness (QED) is 0.616. The van der Waals surface area contributed by atoms with Gasteiger partial charge in [-0.2, -0.15) is 0 Å². The molecular weight excluding hydrogens is 240 g/mol. The zero-order valence-corrected chi connectivity index (χ0v) is 10.4. The molecule has 0 aromatic carbocycles. The Morgan fingerprint density at radius 1 is 1.65 bits per heavy atom. The van der Waals surface area contributed by atoms with Crippen LogP contribution in [-0.2, 0) is 17.5 Å². The molecule has 0 fully saturated rings. The Labute approximate surface area is 103 Å². The smallest absolute Gasteiger partial charge is 0.341 e. The molecule has 17 heavy (non-hydrogen) atoms. The summed E-state index contributed by atoms with van der Waals surface area (Å²) < 4.78 is 11.8. The summed E-state index contributed by atoms with van der Waals surface area (Å²) in [6.07, 6.45) is 5.08. The number of furan rings is 1. The van der Waals surface area contributed by atoms with Crippen molar-refractivity contribution in [3.05, 3.63) is 36.0 Å². The second kappa shape index (κ2) is 5.09. The number of rotatable bonds is 4. The molecule has 2 aromatic rings. The van der Waals surface area contributed by atoms with Gasteiger partial charge >= 0.3 is 5.97 Å². The van der Waals surface area contributed by atoms with Crippen LogP contribution in [0, 0.1) is 0 Å².